The summed E-state index contributed by atoms with van der Waals surface area (Å²) in [5.74, 6) is 1.13. The maximum Gasteiger partial charge on any atom is 0.128 e. The number of pyridine rings is 1. The van der Waals surface area contributed by atoms with Crippen molar-refractivity contribution in [3.63, 3.8) is 0 Å². The van der Waals surface area contributed by atoms with E-state index in [1.807, 2.05) is 12.3 Å². The fourth-order valence-corrected chi connectivity index (χ4v) is 2.71. The van der Waals surface area contributed by atoms with Gasteiger partial charge in [0.2, 0.25) is 0 Å². The molecule has 1 aromatic rings. The van der Waals surface area contributed by atoms with Crippen molar-refractivity contribution in [2.24, 2.45) is 0 Å². The zero-order valence-corrected chi connectivity index (χ0v) is 12.1. The van der Waals surface area contributed by atoms with Crippen LogP contribution >= 0.6 is 0 Å². The molecule has 106 valence electrons. The minimum absolute atomic E-state index is 0.710. The van der Waals surface area contributed by atoms with E-state index in [9.17, 15) is 0 Å². The molecule has 2 heterocycles. The van der Waals surface area contributed by atoms with Gasteiger partial charge in [-0.05, 0) is 37.9 Å². The van der Waals surface area contributed by atoms with Crippen LogP contribution in [0.5, 0.6) is 0 Å². The van der Waals surface area contributed by atoms with Gasteiger partial charge in [0.15, 0.2) is 0 Å². The summed E-state index contributed by atoms with van der Waals surface area (Å²) in [6, 6.07) is 6.87. The van der Waals surface area contributed by atoms with Gasteiger partial charge in [-0.1, -0.05) is 32.3 Å². The summed E-state index contributed by atoms with van der Waals surface area (Å²) in [5, 5.41) is 3.71. The van der Waals surface area contributed by atoms with E-state index in [1.165, 1.54) is 45.1 Å². The molecule has 1 fully saturated rings. The third-order valence-electron chi connectivity index (χ3n) is 3.93. The van der Waals surface area contributed by atoms with Gasteiger partial charge in [0.05, 0.1) is 0 Å². The molecule has 0 amide bonds. The molecule has 0 aliphatic carbocycles. The van der Waals surface area contributed by atoms with Gasteiger partial charge < -0.3 is 10.2 Å². The van der Waals surface area contributed by atoms with Crippen LogP contribution in [0.1, 0.15) is 45.4 Å². The molecule has 0 radical (unpaired) electrons. The van der Waals surface area contributed by atoms with Crippen molar-refractivity contribution in [1.82, 2.24) is 10.3 Å². The number of hydrogen-bond donors (Lipinski definition) is 1. The molecule has 1 N–H and O–H groups in total. The molecule has 0 bridgehead atoms. The van der Waals surface area contributed by atoms with Crippen LogP contribution in [0.15, 0.2) is 24.4 Å². The number of piperidine rings is 1. The molecule has 3 heteroatoms. The average Bonchev–Trinajstić information content (AvgIpc) is 2.49. The molecule has 1 aliphatic heterocycles. The lowest BCUT2D eigenvalue weighted by Crippen LogP contribution is -2.43. The Hall–Kier alpha value is -1.09. The molecule has 0 aromatic carbocycles. The topological polar surface area (TPSA) is 28.2 Å². The predicted molar refractivity (Wildman–Crippen MR) is 81.6 cm³/mol. The smallest absolute Gasteiger partial charge is 0.128 e. The van der Waals surface area contributed by atoms with Crippen molar-refractivity contribution in [2.45, 2.75) is 51.5 Å². The first kappa shape index (κ1) is 14.3. The summed E-state index contributed by atoms with van der Waals surface area (Å²) in [5.41, 5.74) is 0. The molecule has 0 atom stereocenters. The van der Waals surface area contributed by atoms with Gasteiger partial charge in [0.1, 0.15) is 5.82 Å². The zero-order valence-electron chi connectivity index (χ0n) is 12.1. The van der Waals surface area contributed by atoms with Crippen LogP contribution in [-0.2, 0) is 0 Å². The van der Waals surface area contributed by atoms with Crippen LogP contribution in [-0.4, -0.2) is 30.7 Å². The molecule has 3 nitrogen and oxygen atoms in total. The summed E-state index contributed by atoms with van der Waals surface area (Å²) in [6.45, 7) is 5.71. The molecule has 1 aromatic heterocycles. The number of hydrogen-bond acceptors (Lipinski definition) is 3. The highest BCUT2D eigenvalue weighted by atomic mass is 15.2. The van der Waals surface area contributed by atoms with E-state index < -0.39 is 0 Å². The van der Waals surface area contributed by atoms with Crippen LogP contribution < -0.4 is 10.2 Å². The second-order valence-electron chi connectivity index (χ2n) is 5.46. The lowest BCUT2D eigenvalue weighted by Gasteiger charge is -2.33. The van der Waals surface area contributed by atoms with Gasteiger partial charge in [-0.15, -0.1) is 0 Å². The second-order valence-corrected chi connectivity index (χ2v) is 5.46. The quantitative estimate of drug-likeness (QED) is 0.764. The molecular formula is C16H27N3. The van der Waals surface area contributed by atoms with E-state index in [0.717, 1.165) is 18.9 Å². The number of anilines is 1. The first-order valence-electron chi connectivity index (χ1n) is 7.79. The molecule has 0 saturated carbocycles. The Morgan fingerprint density at radius 2 is 2.05 bits per heavy atom. The molecule has 1 aliphatic rings. The summed E-state index contributed by atoms with van der Waals surface area (Å²) < 4.78 is 0. The molecule has 2 rings (SSSR count). The van der Waals surface area contributed by atoms with Gasteiger partial charge >= 0.3 is 0 Å². The van der Waals surface area contributed by atoms with E-state index in [2.05, 4.69) is 34.3 Å². The third kappa shape index (κ3) is 4.83. The van der Waals surface area contributed by atoms with Gasteiger partial charge in [-0.2, -0.15) is 0 Å². The van der Waals surface area contributed by atoms with E-state index >= 15 is 0 Å². The standard InChI is InChI=1S/C16H27N3/c1-2-3-4-6-11-17-15-9-13-19(14-10-15)16-8-5-7-12-18-16/h5,7-8,12,15,17H,2-4,6,9-11,13-14H2,1H3. The highest BCUT2D eigenvalue weighted by Gasteiger charge is 2.19. The predicted octanol–water partition coefficient (Wildman–Crippen LogP) is 3.22. The van der Waals surface area contributed by atoms with Crippen molar-refractivity contribution in [3.05, 3.63) is 24.4 Å². The second kappa shape index (κ2) is 8.16. The minimum atomic E-state index is 0.710. The zero-order chi connectivity index (χ0) is 13.3. The Kier molecular flexibility index (Phi) is 6.15. The number of rotatable bonds is 7. The van der Waals surface area contributed by atoms with Crippen LogP contribution in [0.3, 0.4) is 0 Å². The lowest BCUT2D eigenvalue weighted by molar-refractivity contribution is 0.408. The van der Waals surface area contributed by atoms with Crippen molar-refractivity contribution >= 4 is 5.82 Å². The van der Waals surface area contributed by atoms with E-state index in [4.69, 9.17) is 0 Å². The Morgan fingerprint density at radius 3 is 2.74 bits per heavy atom. The van der Waals surface area contributed by atoms with E-state index in [0.29, 0.717) is 6.04 Å². The minimum Gasteiger partial charge on any atom is -0.357 e. The normalized spacial score (nSPS) is 16.8. The van der Waals surface area contributed by atoms with E-state index in [1.54, 1.807) is 0 Å². The number of unbranched alkanes of at least 4 members (excludes halogenated alkanes) is 3. The maximum absolute atomic E-state index is 4.43. The van der Waals surface area contributed by atoms with Crippen molar-refractivity contribution in [2.75, 3.05) is 24.5 Å². The third-order valence-corrected chi connectivity index (χ3v) is 3.93. The summed E-state index contributed by atoms with van der Waals surface area (Å²) in [4.78, 5) is 6.83. The Morgan fingerprint density at radius 1 is 1.21 bits per heavy atom. The monoisotopic (exact) mass is 261 g/mol. The molecule has 19 heavy (non-hydrogen) atoms. The number of aromatic nitrogens is 1. The largest absolute Gasteiger partial charge is 0.357 e. The van der Waals surface area contributed by atoms with Crippen LogP contribution in [0.2, 0.25) is 0 Å². The van der Waals surface area contributed by atoms with Crippen molar-refractivity contribution < 1.29 is 0 Å². The highest BCUT2D eigenvalue weighted by Crippen LogP contribution is 2.17. The Bertz CT molecular complexity index is 331. The number of nitrogens with one attached hydrogen (secondary N) is 1. The van der Waals surface area contributed by atoms with Crippen LogP contribution in [0.4, 0.5) is 5.82 Å². The van der Waals surface area contributed by atoms with Gasteiger partial charge in [0.25, 0.3) is 0 Å². The maximum atomic E-state index is 4.43. The van der Waals surface area contributed by atoms with E-state index in [-0.39, 0.29) is 0 Å². The lowest BCUT2D eigenvalue weighted by atomic mass is 10.0. The fraction of sp³-hybridized carbons (Fsp3) is 0.688. The summed E-state index contributed by atoms with van der Waals surface area (Å²) in [7, 11) is 0. The van der Waals surface area contributed by atoms with Gasteiger partial charge in [0, 0.05) is 25.3 Å². The highest BCUT2D eigenvalue weighted by molar-refractivity contribution is 5.38. The molecular weight excluding hydrogens is 234 g/mol. The number of nitrogens with zero attached hydrogens (tertiary/aromatic N) is 2. The SMILES string of the molecule is CCCCCCNC1CCN(c2ccccn2)CC1. The summed E-state index contributed by atoms with van der Waals surface area (Å²) in [6.07, 6.45) is 9.76. The van der Waals surface area contributed by atoms with Crippen LogP contribution in [0.25, 0.3) is 0 Å². The summed E-state index contributed by atoms with van der Waals surface area (Å²) >= 11 is 0. The van der Waals surface area contributed by atoms with Crippen LogP contribution in [0, 0.1) is 0 Å². The molecule has 0 unspecified atom stereocenters. The first-order valence-corrected chi connectivity index (χ1v) is 7.79. The van der Waals surface area contributed by atoms with Crippen molar-refractivity contribution in [1.29, 1.82) is 0 Å². The van der Waals surface area contributed by atoms with Gasteiger partial charge in [-0.25, -0.2) is 4.98 Å². The Labute approximate surface area is 117 Å². The van der Waals surface area contributed by atoms with Crippen molar-refractivity contribution in [3.8, 4) is 0 Å². The fourth-order valence-electron chi connectivity index (χ4n) is 2.71. The van der Waals surface area contributed by atoms with Gasteiger partial charge in [-0.3, -0.25) is 0 Å². The molecule has 0 spiro atoms. The molecule has 1 saturated heterocycles. The Balaban J connectivity index is 1.63. The average molecular weight is 261 g/mol. The first-order chi connectivity index (χ1) is 9.40.